The largest absolute Gasteiger partial charge is 0.271 e. The standard InChI is InChI=1S/C18H19Cl2N3O3S/c1-12-4-7-16(8-13(12)2)23(27(3,25)26)11-18(24)22-21-10-14-5-6-15(19)9-17(14)20/h4-10H,11H2,1-3H3,(H,22,24)/b21-10-. The Hall–Kier alpha value is -2.09. The molecule has 0 aliphatic rings. The van der Waals surface area contributed by atoms with Gasteiger partial charge in [-0.3, -0.25) is 9.10 Å². The van der Waals surface area contributed by atoms with Crippen LogP contribution in [0.25, 0.3) is 0 Å². The molecule has 0 heterocycles. The summed E-state index contributed by atoms with van der Waals surface area (Å²) in [7, 11) is -3.65. The molecular weight excluding hydrogens is 409 g/mol. The highest BCUT2D eigenvalue weighted by molar-refractivity contribution is 7.92. The van der Waals surface area contributed by atoms with Gasteiger partial charge in [0.25, 0.3) is 5.91 Å². The van der Waals surface area contributed by atoms with Crippen LogP contribution in [0.3, 0.4) is 0 Å². The molecule has 2 aromatic rings. The second kappa shape index (κ2) is 8.73. The zero-order valence-corrected chi connectivity index (χ0v) is 17.4. The number of aryl methyl sites for hydroxylation is 2. The highest BCUT2D eigenvalue weighted by atomic mass is 35.5. The highest BCUT2D eigenvalue weighted by Gasteiger charge is 2.21. The van der Waals surface area contributed by atoms with E-state index in [0.29, 0.717) is 21.3 Å². The molecule has 1 amide bonds. The van der Waals surface area contributed by atoms with Crippen molar-refractivity contribution in [3.05, 3.63) is 63.1 Å². The zero-order chi connectivity index (χ0) is 20.2. The molecule has 27 heavy (non-hydrogen) atoms. The number of carbonyl (C=O) groups excluding carboxylic acids is 1. The van der Waals surface area contributed by atoms with Gasteiger partial charge in [-0.05, 0) is 49.2 Å². The molecule has 0 fully saturated rings. The first-order valence-corrected chi connectivity index (χ1v) is 10.5. The van der Waals surface area contributed by atoms with Gasteiger partial charge in [0.05, 0.1) is 23.2 Å². The van der Waals surface area contributed by atoms with Gasteiger partial charge in [0.15, 0.2) is 0 Å². The van der Waals surface area contributed by atoms with Crippen molar-refractivity contribution in [1.82, 2.24) is 5.43 Å². The van der Waals surface area contributed by atoms with Crippen LogP contribution in [0, 0.1) is 13.8 Å². The summed E-state index contributed by atoms with van der Waals surface area (Å²) in [5.74, 6) is -0.583. The number of rotatable bonds is 6. The van der Waals surface area contributed by atoms with E-state index in [9.17, 15) is 13.2 Å². The second-order valence-corrected chi connectivity index (χ2v) is 8.75. The number of carbonyl (C=O) groups is 1. The van der Waals surface area contributed by atoms with Crippen LogP contribution in [0.1, 0.15) is 16.7 Å². The molecule has 0 saturated heterocycles. The monoisotopic (exact) mass is 427 g/mol. The van der Waals surface area contributed by atoms with E-state index in [1.54, 1.807) is 36.4 Å². The summed E-state index contributed by atoms with van der Waals surface area (Å²) in [5.41, 5.74) is 5.24. The van der Waals surface area contributed by atoms with E-state index in [-0.39, 0.29) is 0 Å². The van der Waals surface area contributed by atoms with Crippen molar-refractivity contribution >= 4 is 51.0 Å². The maximum atomic E-state index is 12.2. The van der Waals surface area contributed by atoms with Crippen LogP contribution >= 0.6 is 23.2 Å². The minimum absolute atomic E-state index is 0.383. The van der Waals surface area contributed by atoms with E-state index in [0.717, 1.165) is 21.7 Å². The van der Waals surface area contributed by atoms with Gasteiger partial charge in [-0.15, -0.1) is 0 Å². The Morgan fingerprint density at radius 3 is 2.44 bits per heavy atom. The van der Waals surface area contributed by atoms with Crippen LogP contribution < -0.4 is 9.73 Å². The van der Waals surface area contributed by atoms with E-state index in [4.69, 9.17) is 23.2 Å². The number of hydrazone groups is 1. The lowest BCUT2D eigenvalue weighted by molar-refractivity contribution is -0.119. The van der Waals surface area contributed by atoms with Crippen molar-refractivity contribution in [2.45, 2.75) is 13.8 Å². The number of anilines is 1. The molecule has 0 bridgehead atoms. The van der Waals surface area contributed by atoms with Gasteiger partial charge in [-0.2, -0.15) is 5.10 Å². The molecule has 0 atom stereocenters. The quantitative estimate of drug-likeness (QED) is 0.565. The van der Waals surface area contributed by atoms with Crippen molar-refractivity contribution < 1.29 is 13.2 Å². The lowest BCUT2D eigenvalue weighted by atomic mass is 10.1. The third-order valence-corrected chi connectivity index (χ3v) is 5.52. The molecule has 0 spiro atoms. The normalized spacial score (nSPS) is 11.6. The molecule has 6 nitrogen and oxygen atoms in total. The Bertz CT molecular complexity index is 991. The fraction of sp³-hybridized carbons (Fsp3) is 0.222. The number of nitrogens with zero attached hydrogens (tertiary/aromatic N) is 2. The predicted molar refractivity (Wildman–Crippen MR) is 110 cm³/mol. The number of amides is 1. The van der Waals surface area contributed by atoms with Gasteiger partial charge >= 0.3 is 0 Å². The molecule has 0 aliphatic heterocycles. The number of sulfonamides is 1. The average Bonchev–Trinajstić information content (AvgIpc) is 2.56. The van der Waals surface area contributed by atoms with Crippen LogP contribution in [0.4, 0.5) is 5.69 Å². The van der Waals surface area contributed by atoms with E-state index in [1.807, 2.05) is 13.8 Å². The van der Waals surface area contributed by atoms with Crippen molar-refractivity contribution in [2.24, 2.45) is 5.10 Å². The number of nitrogens with one attached hydrogen (secondary N) is 1. The van der Waals surface area contributed by atoms with Gasteiger partial charge in [-0.25, -0.2) is 13.8 Å². The minimum Gasteiger partial charge on any atom is -0.271 e. The third-order valence-electron chi connectivity index (χ3n) is 3.82. The van der Waals surface area contributed by atoms with Gasteiger partial charge < -0.3 is 0 Å². The molecule has 0 aromatic heterocycles. The van der Waals surface area contributed by atoms with E-state index >= 15 is 0 Å². The van der Waals surface area contributed by atoms with Crippen molar-refractivity contribution in [1.29, 1.82) is 0 Å². The highest BCUT2D eigenvalue weighted by Crippen LogP contribution is 2.21. The Morgan fingerprint density at radius 1 is 1.15 bits per heavy atom. The molecule has 2 rings (SSSR count). The van der Waals surface area contributed by atoms with Crippen molar-refractivity contribution in [3.8, 4) is 0 Å². The first-order valence-electron chi connectivity index (χ1n) is 7.90. The van der Waals surface area contributed by atoms with Crippen LogP contribution in [-0.4, -0.2) is 33.3 Å². The fourth-order valence-electron chi connectivity index (χ4n) is 2.23. The lowest BCUT2D eigenvalue weighted by Gasteiger charge is -2.22. The van der Waals surface area contributed by atoms with Gasteiger partial charge in [0.1, 0.15) is 6.54 Å². The molecule has 2 aromatic carbocycles. The molecule has 144 valence electrons. The van der Waals surface area contributed by atoms with Crippen molar-refractivity contribution in [2.75, 3.05) is 17.1 Å². The predicted octanol–water partition coefficient (Wildman–Crippen LogP) is 3.53. The van der Waals surface area contributed by atoms with E-state index in [2.05, 4.69) is 10.5 Å². The maximum Gasteiger partial charge on any atom is 0.260 e. The Labute approximate surface area is 168 Å². The van der Waals surface area contributed by atoms with Crippen LogP contribution in [-0.2, 0) is 14.8 Å². The SMILES string of the molecule is Cc1ccc(N(CC(=O)N/N=C\c2ccc(Cl)cc2Cl)S(C)(=O)=O)cc1C. The Balaban J connectivity index is 2.12. The van der Waals surface area contributed by atoms with E-state index < -0.39 is 22.5 Å². The summed E-state index contributed by atoms with van der Waals surface area (Å²) < 4.78 is 25.3. The summed E-state index contributed by atoms with van der Waals surface area (Å²) >= 11 is 11.8. The van der Waals surface area contributed by atoms with Gasteiger partial charge in [0.2, 0.25) is 10.0 Å². The van der Waals surface area contributed by atoms with Crippen LogP contribution in [0.15, 0.2) is 41.5 Å². The minimum atomic E-state index is -3.65. The summed E-state index contributed by atoms with van der Waals surface area (Å²) in [6.45, 7) is 3.40. The van der Waals surface area contributed by atoms with Gasteiger partial charge in [0, 0.05) is 10.6 Å². The molecule has 0 saturated carbocycles. The zero-order valence-electron chi connectivity index (χ0n) is 15.0. The lowest BCUT2D eigenvalue weighted by Crippen LogP contribution is -2.39. The van der Waals surface area contributed by atoms with Gasteiger partial charge in [-0.1, -0.05) is 35.3 Å². The number of halogens is 2. The Morgan fingerprint density at radius 2 is 1.85 bits per heavy atom. The maximum absolute atomic E-state index is 12.2. The average molecular weight is 428 g/mol. The fourth-order valence-corrected chi connectivity index (χ4v) is 3.53. The molecular formula is C18H19Cl2N3O3S. The number of hydrogen-bond donors (Lipinski definition) is 1. The smallest absolute Gasteiger partial charge is 0.260 e. The molecule has 0 radical (unpaired) electrons. The molecule has 9 heteroatoms. The molecule has 0 aliphatic carbocycles. The number of benzene rings is 2. The molecule has 0 unspecified atom stereocenters. The summed E-state index contributed by atoms with van der Waals surface area (Å²) in [5, 5.41) is 4.69. The first kappa shape index (κ1) is 21.2. The third kappa shape index (κ3) is 5.95. The topological polar surface area (TPSA) is 78.8 Å². The summed E-state index contributed by atoms with van der Waals surface area (Å²) in [4.78, 5) is 12.2. The Kier molecular flexibility index (Phi) is 6.86. The molecule has 1 N–H and O–H groups in total. The van der Waals surface area contributed by atoms with Crippen LogP contribution in [0.2, 0.25) is 10.0 Å². The van der Waals surface area contributed by atoms with Crippen molar-refractivity contribution in [3.63, 3.8) is 0 Å². The number of hydrogen-bond acceptors (Lipinski definition) is 4. The summed E-state index contributed by atoms with van der Waals surface area (Å²) in [6, 6.07) is 10.0. The van der Waals surface area contributed by atoms with E-state index in [1.165, 1.54) is 6.21 Å². The first-order chi connectivity index (χ1) is 12.6. The second-order valence-electron chi connectivity index (χ2n) is 6.00. The summed E-state index contributed by atoms with van der Waals surface area (Å²) in [6.07, 6.45) is 2.41. The van der Waals surface area contributed by atoms with Crippen LogP contribution in [0.5, 0.6) is 0 Å².